The summed E-state index contributed by atoms with van der Waals surface area (Å²) in [6, 6.07) is 2.95. The molecule has 2 aromatic rings. The Kier molecular flexibility index (Phi) is 2.68. The number of aryl methyl sites for hydroxylation is 2. The van der Waals surface area contributed by atoms with Gasteiger partial charge in [0, 0.05) is 35.6 Å². The number of hydrogen-bond acceptors (Lipinski definition) is 3. The van der Waals surface area contributed by atoms with Gasteiger partial charge in [0.05, 0.1) is 5.69 Å². The lowest BCUT2D eigenvalue weighted by Gasteiger charge is -2.17. The molecule has 4 heteroatoms. The summed E-state index contributed by atoms with van der Waals surface area (Å²) in [7, 11) is 0. The molecule has 1 aliphatic carbocycles. The van der Waals surface area contributed by atoms with Crippen LogP contribution >= 0.6 is 0 Å². The third-order valence-electron chi connectivity index (χ3n) is 4.32. The maximum absolute atomic E-state index is 4.51. The van der Waals surface area contributed by atoms with Crippen LogP contribution in [0, 0.1) is 19.3 Å². The van der Waals surface area contributed by atoms with E-state index in [2.05, 4.69) is 43.1 Å². The van der Waals surface area contributed by atoms with Crippen LogP contribution in [-0.2, 0) is 0 Å². The van der Waals surface area contributed by atoms with Crippen molar-refractivity contribution >= 4 is 5.65 Å². The second-order valence-electron chi connectivity index (χ2n) is 6.49. The molecule has 0 amide bonds. The summed E-state index contributed by atoms with van der Waals surface area (Å²) in [5.41, 5.74) is 4.80. The van der Waals surface area contributed by atoms with E-state index in [0.29, 0.717) is 17.5 Å². The molecule has 102 valence electrons. The van der Waals surface area contributed by atoms with Gasteiger partial charge in [0.1, 0.15) is 0 Å². The smallest absolute Gasteiger partial charge is 0.155 e. The first-order valence-corrected chi connectivity index (χ1v) is 6.96. The van der Waals surface area contributed by atoms with Crippen LogP contribution in [0.4, 0.5) is 0 Å². The largest absolute Gasteiger partial charge is 0.307 e. The Labute approximate surface area is 114 Å². The van der Waals surface area contributed by atoms with E-state index in [9.17, 15) is 0 Å². The molecule has 0 bridgehead atoms. The van der Waals surface area contributed by atoms with E-state index < -0.39 is 0 Å². The highest BCUT2D eigenvalue weighted by molar-refractivity contribution is 5.42. The van der Waals surface area contributed by atoms with Crippen LogP contribution < -0.4 is 5.32 Å². The molecule has 1 aliphatic rings. The Morgan fingerprint density at radius 3 is 2.74 bits per heavy atom. The lowest BCUT2D eigenvalue weighted by Crippen LogP contribution is -2.25. The van der Waals surface area contributed by atoms with Crippen molar-refractivity contribution in [1.82, 2.24) is 19.9 Å². The Bertz CT molecular complexity index is 626. The van der Waals surface area contributed by atoms with Crippen LogP contribution in [0.2, 0.25) is 0 Å². The number of hydrogen-bond donors (Lipinski definition) is 1. The molecular formula is C15H22N4. The fourth-order valence-electron chi connectivity index (χ4n) is 2.74. The maximum atomic E-state index is 4.51. The second-order valence-corrected chi connectivity index (χ2v) is 6.49. The van der Waals surface area contributed by atoms with Gasteiger partial charge in [-0.05, 0) is 32.6 Å². The fraction of sp³-hybridized carbons (Fsp3) is 0.600. The molecular weight excluding hydrogens is 236 g/mol. The molecule has 3 rings (SSSR count). The monoisotopic (exact) mass is 258 g/mol. The van der Waals surface area contributed by atoms with Crippen molar-refractivity contribution in [3.05, 3.63) is 29.2 Å². The van der Waals surface area contributed by atoms with Gasteiger partial charge in [-0.3, -0.25) is 0 Å². The predicted octanol–water partition coefficient (Wildman–Crippen LogP) is 2.80. The van der Waals surface area contributed by atoms with E-state index in [1.165, 1.54) is 17.7 Å². The molecule has 1 fully saturated rings. The van der Waals surface area contributed by atoms with E-state index >= 15 is 0 Å². The zero-order valence-electron chi connectivity index (χ0n) is 12.4. The van der Waals surface area contributed by atoms with E-state index in [-0.39, 0.29) is 0 Å². The van der Waals surface area contributed by atoms with Gasteiger partial charge < -0.3 is 5.32 Å². The quantitative estimate of drug-likeness (QED) is 0.920. The van der Waals surface area contributed by atoms with Gasteiger partial charge in [-0.1, -0.05) is 13.8 Å². The van der Waals surface area contributed by atoms with Crippen molar-refractivity contribution < 1.29 is 0 Å². The molecule has 2 heterocycles. The van der Waals surface area contributed by atoms with Crippen LogP contribution in [0.1, 0.15) is 50.2 Å². The van der Waals surface area contributed by atoms with Gasteiger partial charge in [-0.25, -0.2) is 9.50 Å². The molecule has 0 spiro atoms. The first-order chi connectivity index (χ1) is 8.88. The van der Waals surface area contributed by atoms with Gasteiger partial charge in [0.2, 0.25) is 0 Å². The molecule has 2 atom stereocenters. The Morgan fingerprint density at radius 2 is 2.11 bits per heavy atom. The van der Waals surface area contributed by atoms with Crippen molar-refractivity contribution in [2.24, 2.45) is 5.41 Å². The topological polar surface area (TPSA) is 42.2 Å². The van der Waals surface area contributed by atoms with Crippen LogP contribution in [0.3, 0.4) is 0 Å². The summed E-state index contributed by atoms with van der Waals surface area (Å²) in [6.07, 6.45) is 3.24. The molecule has 1 N–H and O–H groups in total. The SMILES string of the molecule is Cc1cc2ncc(C(C)NC3CC3(C)C)c(C)n2n1. The summed E-state index contributed by atoms with van der Waals surface area (Å²) in [4.78, 5) is 4.51. The third-order valence-corrected chi connectivity index (χ3v) is 4.32. The average molecular weight is 258 g/mol. The fourth-order valence-corrected chi connectivity index (χ4v) is 2.74. The van der Waals surface area contributed by atoms with E-state index in [0.717, 1.165) is 11.3 Å². The minimum absolute atomic E-state index is 0.313. The molecule has 1 saturated carbocycles. The van der Waals surface area contributed by atoms with Crippen LogP contribution in [-0.4, -0.2) is 20.6 Å². The Hall–Kier alpha value is -1.42. The second kappa shape index (κ2) is 4.04. The zero-order valence-corrected chi connectivity index (χ0v) is 12.4. The molecule has 2 unspecified atom stereocenters. The summed E-state index contributed by atoms with van der Waals surface area (Å²) < 4.78 is 1.95. The first kappa shape index (κ1) is 12.6. The maximum Gasteiger partial charge on any atom is 0.155 e. The van der Waals surface area contributed by atoms with Gasteiger partial charge in [0.25, 0.3) is 0 Å². The molecule has 0 saturated heterocycles. The number of nitrogens with one attached hydrogen (secondary N) is 1. The highest BCUT2D eigenvalue weighted by atomic mass is 15.3. The van der Waals surface area contributed by atoms with Crippen molar-refractivity contribution in [3.63, 3.8) is 0 Å². The number of nitrogens with zero attached hydrogens (tertiary/aromatic N) is 3. The predicted molar refractivity (Wildman–Crippen MR) is 76.2 cm³/mol. The number of fused-ring (bicyclic) bond motifs is 1. The van der Waals surface area contributed by atoms with Crippen LogP contribution in [0.15, 0.2) is 12.3 Å². The lowest BCUT2D eigenvalue weighted by atomic mass is 10.1. The molecule has 0 aromatic carbocycles. The minimum Gasteiger partial charge on any atom is -0.307 e. The standard InChI is InChI=1S/C15H22N4/c1-9-6-14-16-8-12(11(3)19(14)18-9)10(2)17-13-7-15(13,4)5/h6,8,10,13,17H,7H2,1-5H3. The van der Waals surface area contributed by atoms with Crippen molar-refractivity contribution in [2.45, 2.75) is 53.1 Å². The summed E-state index contributed by atoms with van der Waals surface area (Å²) in [6.45, 7) is 10.9. The van der Waals surface area contributed by atoms with Crippen molar-refractivity contribution in [3.8, 4) is 0 Å². The van der Waals surface area contributed by atoms with Gasteiger partial charge in [-0.2, -0.15) is 5.10 Å². The zero-order chi connectivity index (χ0) is 13.8. The highest BCUT2D eigenvalue weighted by Crippen LogP contribution is 2.45. The van der Waals surface area contributed by atoms with Gasteiger partial charge in [0.15, 0.2) is 5.65 Å². The molecule has 4 nitrogen and oxygen atoms in total. The molecule has 2 aromatic heterocycles. The summed E-state index contributed by atoms with van der Waals surface area (Å²) >= 11 is 0. The minimum atomic E-state index is 0.313. The van der Waals surface area contributed by atoms with Crippen molar-refractivity contribution in [2.75, 3.05) is 0 Å². The Balaban J connectivity index is 1.89. The van der Waals surface area contributed by atoms with Gasteiger partial charge >= 0.3 is 0 Å². The lowest BCUT2D eigenvalue weighted by molar-refractivity contribution is 0.488. The highest BCUT2D eigenvalue weighted by Gasteiger charge is 2.46. The summed E-state index contributed by atoms with van der Waals surface area (Å²) in [5.74, 6) is 0. The van der Waals surface area contributed by atoms with Crippen LogP contribution in [0.5, 0.6) is 0 Å². The average Bonchev–Trinajstić information content (AvgIpc) is 2.74. The third kappa shape index (κ3) is 2.14. The molecule has 19 heavy (non-hydrogen) atoms. The first-order valence-electron chi connectivity index (χ1n) is 6.96. The Morgan fingerprint density at radius 1 is 1.42 bits per heavy atom. The van der Waals surface area contributed by atoms with E-state index in [1.54, 1.807) is 0 Å². The normalized spacial score (nSPS) is 22.7. The van der Waals surface area contributed by atoms with Gasteiger partial charge in [-0.15, -0.1) is 0 Å². The number of rotatable bonds is 3. The summed E-state index contributed by atoms with van der Waals surface area (Å²) in [5, 5.41) is 8.20. The van der Waals surface area contributed by atoms with E-state index in [1.807, 2.05) is 23.7 Å². The molecule has 0 aliphatic heterocycles. The molecule has 0 radical (unpaired) electrons. The van der Waals surface area contributed by atoms with Crippen molar-refractivity contribution in [1.29, 1.82) is 0 Å². The van der Waals surface area contributed by atoms with Crippen LogP contribution in [0.25, 0.3) is 5.65 Å². The number of aromatic nitrogens is 3. The van der Waals surface area contributed by atoms with E-state index in [4.69, 9.17) is 0 Å².